The Kier molecular flexibility index (Phi) is 8.54. The van der Waals surface area contributed by atoms with E-state index < -0.39 is 41.5 Å². The maximum atomic E-state index is 13.4. The maximum absolute atomic E-state index is 13.4. The molecular weight excluding hydrogens is 653 g/mol. The zero-order valence-corrected chi connectivity index (χ0v) is 25.4. The lowest BCUT2D eigenvalue weighted by Gasteiger charge is -2.20. The summed E-state index contributed by atoms with van der Waals surface area (Å²) in [7, 11) is -10.4. The Hall–Kier alpha value is -6.02. The number of nitrogens with zero attached hydrogens (tertiary/aromatic N) is 5. The number of anilines is 5. The number of nitrogens with one attached hydrogen (secondary N) is 1. The molecule has 240 valence electrons. The number of ketones is 1. The first kappa shape index (κ1) is 32.4. The average Bonchev–Trinajstić information content (AvgIpc) is 2.99. The molecule has 9 N–H and O–H groups in total. The van der Waals surface area contributed by atoms with Gasteiger partial charge >= 0.3 is 0 Å². The van der Waals surface area contributed by atoms with Gasteiger partial charge in [-0.25, -0.2) is 16.8 Å². The fourth-order valence-corrected chi connectivity index (χ4v) is 5.49. The van der Waals surface area contributed by atoms with Gasteiger partial charge < -0.3 is 32.0 Å². The summed E-state index contributed by atoms with van der Waals surface area (Å²) in [5, 5.41) is 19.6. The molecule has 0 unspecified atom stereocenters. The standard InChI is InChI=1S/C28H24N10O7S2/c29-15-2-6-22(20(31)10-15)35-33-17-4-1-14-9-26(47(43,44)45)27(28(39)19(14)12-17)38-34-18-5-8-24(25(13-18)46(40,41)42)37-36-23-7-3-16(30)11-21(23)32/h1-13,34H,29-32H2,(H,40,41,42)(H,43,44,45)/p-2. The Morgan fingerprint density at radius 1 is 0.638 bits per heavy atom. The van der Waals surface area contributed by atoms with E-state index in [9.17, 15) is 30.7 Å². The molecule has 0 radical (unpaired) electrons. The van der Waals surface area contributed by atoms with Crippen molar-refractivity contribution < 1.29 is 30.7 Å². The minimum absolute atomic E-state index is 0.0693. The summed E-state index contributed by atoms with van der Waals surface area (Å²) in [4.78, 5) is 11.7. The van der Waals surface area contributed by atoms with Gasteiger partial charge in [0.25, 0.3) is 0 Å². The van der Waals surface area contributed by atoms with Crippen LogP contribution in [0.15, 0.2) is 108 Å². The summed E-state index contributed by atoms with van der Waals surface area (Å²) in [5.41, 5.74) is 25.9. The molecule has 0 saturated carbocycles. The van der Waals surface area contributed by atoms with E-state index in [4.69, 9.17) is 22.9 Å². The summed E-state index contributed by atoms with van der Waals surface area (Å²) < 4.78 is 72.5. The molecule has 17 nitrogen and oxygen atoms in total. The van der Waals surface area contributed by atoms with E-state index in [1.54, 1.807) is 6.07 Å². The molecule has 47 heavy (non-hydrogen) atoms. The summed E-state index contributed by atoms with van der Waals surface area (Å²) in [6, 6.07) is 16.2. The fourth-order valence-electron chi connectivity index (χ4n) is 4.21. The number of rotatable bonds is 8. The number of Topliss-reactive ketones (excluding diaryl/α,β-unsaturated/α-hetero) is 1. The highest BCUT2D eigenvalue weighted by Gasteiger charge is 2.30. The molecule has 5 rings (SSSR count). The van der Waals surface area contributed by atoms with Crippen LogP contribution < -0.4 is 28.4 Å². The Morgan fingerprint density at radius 2 is 1.21 bits per heavy atom. The van der Waals surface area contributed by atoms with Crippen LogP contribution in [-0.2, 0) is 20.2 Å². The molecular formula is C28H22N10O7S2-2. The second-order valence-corrected chi connectivity index (χ2v) is 12.5. The first-order valence-electron chi connectivity index (χ1n) is 13.0. The van der Waals surface area contributed by atoms with Crippen molar-refractivity contribution in [3.63, 3.8) is 0 Å². The second kappa shape index (κ2) is 12.4. The summed E-state index contributed by atoms with van der Waals surface area (Å²) in [5.74, 6) is -0.975. The van der Waals surface area contributed by atoms with Crippen molar-refractivity contribution in [1.82, 2.24) is 0 Å². The summed E-state index contributed by atoms with van der Waals surface area (Å²) in [6.45, 7) is 0. The molecule has 0 aromatic heterocycles. The molecule has 0 amide bonds. The lowest BCUT2D eigenvalue weighted by atomic mass is 9.94. The van der Waals surface area contributed by atoms with Gasteiger partial charge in [0.1, 0.15) is 43.0 Å². The smallest absolute Gasteiger partial charge is 0.215 e. The van der Waals surface area contributed by atoms with Crippen molar-refractivity contribution in [3.05, 3.63) is 88.8 Å². The van der Waals surface area contributed by atoms with Gasteiger partial charge in [-0.15, -0.1) is 15.3 Å². The summed E-state index contributed by atoms with van der Waals surface area (Å²) >= 11 is 0. The van der Waals surface area contributed by atoms with Crippen LogP contribution in [0.5, 0.6) is 0 Å². The molecule has 0 spiro atoms. The largest absolute Gasteiger partial charge is 0.744 e. The topological polar surface area (TPSA) is 309 Å². The molecule has 19 heteroatoms. The van der Waals surface area contributed by atoms with E-state index in [-0.39, 0.29) is 45.3 Å². The minimum Gasteiger partial charge on any atom is -0.744 e. The lowest BCUT2D eigenvalue weighted by molar-refractivity contribution is 0.106. The van der Waals surface area contributed by atoms with Gasteiger partial charge in [0.15, 0.2) is 0 Å². The molecule has 4 aromatic carbocycles. The van der Waals surface area contributed by atoms with E-state index in [0.717, 1.165) is 18.2 Å². The Balaban J connectivity index is 1.48. The van der Waals surface area contributed by atoms with Crippen molar-refractivity contribution in [2.45, 2.75) is 4.90 Å². The number of hydrazone groups is 1. The van der Waals surface area contributed by atoms with E-state index in [2.05, 4.69) is 31.0 Å². The van der Waals surface area contributed by atoms with Gasteiger partial charge in [0, 0.05) is 16.9 Å². The number of nitrogens with two attached hydrogens (primary N) is 4. The number of hydrogen-bond donors (Lipinski definition) is 5. The van der Waals surface area contributed by atoms with Gasteiger partial charge in [-0.1, -0.05) is 6.07 Å². The Bertz CT molecular complexity index is 2300. The molecule has 0 aliphatic heterocycles. The number of hydrogen-bond acceptors (Lipinski definition) is 17. The molecule has 0 atom stereocenters. The monoisotopic (exact) mass is 674 g/mol. The highest BCUT2D eigenvalue weighted by molar-refractivity contribution is 7.91. The van der Waals surface area contributed by atoms with Crippen LogP contribution in [0.2, 0.25) is 0 Å². The van der Waals surface area contributed by atoms with Crippen LogP contribution >= 0.6 is 0 Å². The van der Waals surface area contributed by atoms with Crippen molar-refractivity contribution in [1.29, 1.82) is 0 Å². The molecule has 0 fully saturated rings. The van der Waals surface area contributed by atoms with E-state index >= 15 is 0 Å². The molecule has 0 bridgehead atoms. The molecule has 0 saturated heterocycles. The van der Waals surface area contributed by atoms with Crippen molar-refractivity contribution in [3.8, 4) is 0 Å². The average molecular weight is 675 g/mol. The van der Waals surface area contributed by atoms with Crippen molar-refractivity contribution in [2.75, 3.05) is 28.4 Å². The third kappa shape index (κ3) is 7.28. The van der Waals surface area contributed by atoms with Gasteiger partial charge in [-0.2, -0.15) is 10.2 Å². The van der Waals surface area contributed by atoms with Gasteiger partial charge in [0.05, 0.1) is 32.6 Å². The lowest BCUT2D eigenvalue weighted by Crippen LogP contribution is -2.27. The number of carbonyl (C=O) groups is 1. The van der Waals surface area contributed by atoms with Crippen LogP contribution in [0.25, 0.3) is 6.08 Å². The van der Waals surface area contributed by atoms with E-state index in [1.165, 1.54) is 54.6 Å². The summed E-state index contributed by atoms with van der Waals surface area (Å²) in [6.07, 6.45) is 0.957. The molecule has 0 heterocycles. The van der Waals surface area contributed by atoms with Gasteiger partial charge in [0.2, 0.25) is 5.78 Å². The minimum atomic E-state index is -5.24. The number of nitrogen functional groups attached to an aromatic ring is 4. The van der Waals surface area contributed by atoms with E-state index in [1.807, 2.05) is 0 Å². The number of allylic oxidation sites excluding steroid dienone is 1. The Morgan fingerprint density at radius 3 is 1.79 bits per heavy atom. The first-order chi connectivity index (χ1) is 22.1. The van der Waals surface area contributed by atoms with Gasteiger partial charge in [-0.3, -0.25) is 10.2 Å². The molecule has 1 aliphatic carbocycles. The number of fused-ring (bicyclic) bond motifs is 1. The quantitative estimate of drug-likeness (QED) is 0.0756. The third-order valence-electron chi connectivity index (χ3n) is 6.45. The predicted octanol–water partition coefficient (Wildman–Crippen LogP) is 4.30. The van der Waals surface area contributed by atoms with Crippen LogP contribution in [0, 0.1) is 0 Å². The SMILES string of the molecule is Nc1ccc(N=Nc2ccc3c(c2)C(=O)C(=NNc2ccc(N=Nc4ccc(N)cc4N)c(S(=O)(=O)[O-])c2)C(S(=O)(=O)[O-])=C3)c(N)c1. The number of benzene rings is 4. The van der Waals surface area contributed by atoms with Crippen LogP contribution in [0.3, 0.4) is 0 Å². The fraction of sp³-hybridized carbons (Fsp3) is 0. The third-order valence-corrected chi connectivity index (χ3v) is 8.17. The first-order valence-corrected chi connectivity index (χ1v) is 15.9. The maximum Gasteiger partial charge on any atom is 0.215 e. The number of azo groups is 2. The number of carbonyl (C=O) groups excluding carboxylic acids is 1. The molecule has 4 aromatic rings. The van der Waals surface area contributed by atoms with Crippen LogP contribution in [0.1, 0.15) is 15.9 Å². The zero-order valence-electron chi connectivity index (χ0n) is 23.7. The second-order valence-electron chi connectivity index (χ2n) is 9.81. The normalized spacial score (nSPS) is 14.5. The van der Waals surface area contributed by atoms with Crippen molar-refractivity contribution >= 4 is 89.0 Å². The highest BCUT2D eigenvalue weighted by Crippen LogP contribution is 2.33. The Labute approximate surface area is 266 Å². The van der Waals surface area contributed by atoms with Crippen LogP contribution in [0.4, 0.5) is 51.2 Å². The van der Waals surface area contributed by atoms with Gasteiger partial charge in [-0.05, 0) is 78.4 Å². The van der Waals surface area contributed by atoms with E-state index in [0.29, 0.717) is 17.1 Å². The van der Waals surface area contributed by atoms with Crippen molar-refractivity contribution in [2.24, 2.45) is 25.6 Å². The highest BCUT2D eigenvalue weighted by atomic mass is 32.2. The predicted molar refractivity (Wildman–Crippen MR) is 173 cm³/mol. The zero-order chi connectivity index (χ0) is 34.1. The molecule has 1 aliphatic rings. The van der Waals surface area contributed by atoms with Crippen LogP contribution in [-0.4, -0.2) is 37.4 Å².